The molecule has 1 heterocycles. The third kappa shape index (κ3) is 1.26. The molecule has 0 spiro atoms. The number of hydrogen-bond acceptors (Lipinski definition) is 1. The molecule has 0 aliphatic carbocycles. The van der Waals surface area contributed by atoms with E-state index in [1.165, 1.54) is 5.56 Å². The Morgan fingerprint density at radius 2 is 1.93 bits per heavy atom. The van der Waals surface area contributed by atoms with E-state index in [2.05, 4.69) is 15.9 Å². The Labute approximate surface area is 98.4 Å². The van der Waals surface area contributed by atoms with E-state index in [4.69, 9.17) is 0 Å². The standard InChI is InChI=1S/C12H14BrNO/c1-7-5-6-8-9(10(7)13)12(2,3)11(15)14(8)4/h5-6H,1-4H3. The first-order chi connectivity index (χ1) is 6.87. The molecular weight excluding hydrogens is 254 g/mol. The molecule has 2 nitrogen and oxygen atoms in total. The van der Waals surface area contributed by atoms with Crippen LogP contribution in [0.4, 0.5) is 5.69 Å². The number of aryl methyl sites for hydroxylation is 1. The lowest BCUT2D eigenvalue weighted by Crippen LogP contribution is -2.33. The fourth-order valence-corrected chi connectivity index (χ4v) is 3.01. The maximum absolute atomic E-state index is 12.1. The number of likely N-dealkylation sites (N-methyl/N-ethyl adjacent to an activating group) is 1. The van der Waals surface area contributed by atoms with Crippen LogP contribution in [0, 0.1) is 6.92 Å². The maximum Gasteiger partial charge on any atom is 0.236 e. The zero-order valence-electron chi connectivity index (χ0n) is 9.39. The first kappa shape index (κ1) is 10.7. The molecule has 0 atom stereocenters. The van der Waals surface area contributed by atoms with Gasteiger partial charge in [-0.15, -0.1) is 0 Å². The van der Waals surface area contributed by atoms with Crippen LogP contribution in [0.2, 0.25) is 0 Å². The van der Waals surface area contributed by atoms with Crippen LogP contribution in [0.3, 0.4) is 0 Å². The van der Waals surface area contributed by atoms with E-state index < -0.39 is 5.41 Å². The van der Waals surface area contributed by atoms with Gasteiger partial charge < -0.3 is 4.90 Å². The lowest BCUT2D eigenvalue weighted by molar-refractivity contribution is -0.121. The molecule has 80 valence electrons. The summed E-state index contributed by atoms with van der Waals surface area (Å²) in [4.78, 5) is 13.8. The molecule has 1 aromatic rings. The topological polar surface area (TPSA) is 20.3 Å². The van der Waals surface area contributed by atoms with Gasteiger partial charge in [-0.1, -0.05) is 22.0 Å². The van der Waals surface area contributed by atoms with Gasteiger partial charge in [-0.05, 0) is 32.4 Å². The summed E-state index contributed by atoms with van der Waals surface area (Å²) in [5.41, 5.74) is 2.87. The van der Waals surface area contributed by atoms with E-state index in [0.29, 0.717) is 0 Å². The van der Waals surface area contributed by atoms with Crippen molar-refractivity contribution in [3.8, 4) is 0 Å². The quantitative estimate of drug-likeness (QED) is 0.708. The molecule has 1 aliphatic rings. The van der Waals surface area contributed by atoms with E-state index >= 15 is 0 Å². The lowest BCUT2D eigenvalue weighted by atomic mass is 9.85. The highest BCUT2D eigenvalue weighted by Gasteiger charge is 2.43. The fraction of sp³-hybridized carbons (Fsp3) is 0.417. The number of fused-ring (bicyclic) bond motifs is 1. The van der Waals surface area contributed by atoms with Crippen LogP contribution in [0.25, 0.3) is 0 Å². The zero-order valence-corrected chi connectivity index (χ0v) is 11.0. The van der Waals surface area contributed by atoms with E-state index in [1.807, 2.05) is 40.0 Å². The highest BCUT2D eigenvalue weighted by molar-refractivity contribution is 9.10. The third-order valence-corrected chi connectivity index (χ3v) is 4.16. The van der Waals surface area contributed by atoms with E-state index in [-0.39, 0.29) is 5.91 Å². The van der Waals surface area contributed by atoms with Gasteiger partial charge in [0.15, 0.2) is 0 Å². The summed E-state index contributed by atoms with van der Waals surface area (Å²) < 4.78 is 1.06. The molecule has 3 heteroatoms. The average molecular weight is 268 g/mol. The van der Waals surface area contributed by atoms with Crippen LogP contribution in [-0.4, -0.2) is 13.0 Å². The van der Waals surface area contributed by atoms with Crippen LogP contribution in [-0.2, 0) is 10.2 Å². The summed E-state index contributed by atoms with van der Waals surface area (Å²) in [6.45, 7) is 5.99. The molecule has 0 saturated carbocycles. The molecule has 1 aromatic carbocycles. The molecule has 1 aliphatic heterocycles. The molecule has 1 amide bonds. The van der Waals surface area contributed by atoms with Gasteiger partial charge in [0, 0.05) is 22.8 Å². The van der Waals surface area contributed by atoms with E-state index in [9.17, 15) is 4.79 Å². The zero-order chi connectivity index (χ0) is 11.4. The third-order valence-electron chi connectivity index (χ3n) is 3.14. The first-order valence-electron chi connectivity index (χ1n) is 4.95. The molecule has 0 unspecified atom stereocenters. The SMILES string of the molecule is Cc1ccc2c(c1Br)C(C)(C)C(=O)N2C. The van der Waals surface area contributed by atoms with Crippen molar-refractivity contribution in [3.05, 3.63) is 27.7 Å². The molecule has 15 heavy (non-hydrogen) atoms. The van der Waals surface area contributed by atoms with Gasteiger partial charge in [-0.2, -0.15) is 0 Å². The number of hydrogen-bond donors (Lipinski definition) is 0. The number of carbonyl (C=O) groups excluding carboxylic acids is 1. The van der Waals surface area contributed by atoms with Crippen molar-refractivity contribution in [1.82, 2.24) is 0 Å². The summed E-state index contributed by atoms with van der Waals surface area (Å²) in [6.07, 6.45) is 0. The molecule has 2 rings (SSSR count). The van der Waals surface area contributed by atoms with Crippen molar-refractivity contribution in [2.24, 2.45) is 0 Å². The Morgan fingerprint density at radius 3 is 2.53 bits per heavy atom. The Morgan fingerprint density at radius 1 is 1.33 bits per heavy atom. The maximum atomic E-state index is 12.1. The summed E-state index contributed by atoms with van der Waals surface area (Å²) in [7, 11) is 1.83. The Balaban J connectivity index is 2.79. The minimum Gasteiger partial charge on any atom is -0.314 e. The Bertz CT molecular complexity index is 451. The second kappa shape index (κ2) is 3.08. The number of rotatable bonds is 0. The molecule has 0 bridgehead atoms. The van der Waals surface area contributed by atoms with Crippen LogP contribution in [0.5, 0.6) is 0 Å². The second-order valence-corrected chi connectivity index (χ2v) is 5.37. The molecule has 0 saturated heterocycles. The molecule has 0 aromatic heterocycles. The summed E-state index contributed by atoms with van der Waals surface area (Å²) in [6, 6.07) is 4.05. The van der Waals surface area contributed by atoms with Crippen molar-refractivity contribution < 1.29 is 4.79 Å². The minimum absolute atomic E-state index is 0.156. The Kier molecular flexibility index (Phi) is 2.19. The van der Waals surface area contributed by atoms with Crippen LogP contribution < -0.4 is 4.90 Å². The Hall–Kier alpha value is -0.830. The smallest absolute Gasteiger partial charge is 0.236 e. The van der Waals surface area contributed by atoms with E-state index in [0.717, 1.165) is 15.7 Å². The molecule has 0 fully saturated rings. The number of amides is 1. The van der Waals surface area contributed by atoms with Gasteiger partial charge in [0.1, 0.15) is 0 Å². The highest BCUT2D eigenvalue weighted by Crippen LogP contribution is 2.45. The van der Waals surface area contributed by atoms with Gasteiger partial charge in [-0.25, -0.2) is 0 Å². The largest absolute Gasteiger partial charge is 0.314 e. The van der Waals surface area contributed by atoms with E-state index in [1.54, 1.807) is 4.90 Å². The van der Waals surface area contributed by atoms with Crippen molar-refractivity contribution in [2.45, 2.75) is 26.2 Å². The van der Waals surface area contributed by atoms with Crippen LogP contribution >= 0.6 is 15.9 Å². The second-order valence-electron chi connectivity index (χ2n) is 4.58. The van der Waals surface area contributed by atoms with Gasteiger partial charge >= 0.3 is 0 Å². The summed E-state index contributed by atoms with van der Waals surface area (Å²) >= 11 is 3.58. The van der Waals surface area contributed by atoms with Crippen molar-refractivity contribution in [2.75, 3.05) is 11.9 Å². The van der Waals surface area contributed by atoms with Gasteiger partial charge in [0.25, 0.3) is 0 Å². The number of halogens is 1. The molecule has 0 radical (unpaired) electrons. The van der Waals surface area contributed by atoms with Crippen LogP contribution in [0.15, 0.2) is 16.6 Å². The number of carbonyl (C=O) groups is 1. The minimum atomic E-state index is -0.422. The van der Waals surface area contributed by atoms with Gasteiger partial charge in [0.2, 0.25) is 5.91 Å². The average Bonchev–Trinajstić information content (AvgIpc) is 2.34. The molecular formula is C12H14BrNO. The summed E-state index contributed by atoms with van der Waals surface area (Å²) in [5, 5.41) is 0. The number of benzene rings is 1. The predicted molar refractivity (Wildman–Crippen MR) is 65.3 cm³/mol. The van der Waals surface area contributed by atoms with Crippen LogP contribution in [0.1, 0.15) is 25.0 Å². The number of anilines is 1. The van der Waals surface area contributed by atoms with Gasteiger partial charge in [0.05, 0.1) is 5.41 Å². The highest BCUT2D eigenvalue weighted by atomic mass is 79.9. The predicted octanol–water partition coefficient (Wildman–Crippen LogP) is 3.01. The lowest BCUT2D eigenvalue weighted by Gasteiger charge is -2.18. The number of nitrogens with zero attached hydrogens (tertiary/aromatic N) is 1. The van der Waals surface area contributed by atoms with Crippen molar-refractivity contribution in [1.29, 1.82) is 0 Å². The summed E-state index contributed by atoms with van der Waals surface area (Å²) in [5.74, 6) is 0.156. The van der Waals surface area contributed by atoms with Crippen molar-refractivity contribution in [3.63, 3.8) is 0 Å². The first-order valence-corrected chi connectivity index (χ1v) is 5.74. The van der Waals surface area contributed by atoms with Gasteiger partial charge in [-0.3, -0.25) is 4.79 Å². The normalized spacial score (nSPS) is 18.2. The fourth-order valence-electron chi connectivity index (χ4n) is 2.18. The molecule has 0 N–H and O–H groups in total. The van der Waals surface area contributed by atoms with Crippen molar-refractivity contribution >= 4 is 27.5 Å². The monoisotopic (exact) mass is 267 g/mol.